The minimum atomic E-state index is -0.00957. The van der Waals surface area contributed by atoms with Gasteiger partial charge in [-0.1, -0.05) is 13.8 Å². The fourth-order valence-electron chi connectivity index (χ4n) is 1.97. The Morgan fingerprint density at radius 3 is 3.05 bits per heavy atom. The van der Waals surface area contributed by atoms with Gasteiger partial charge in [0.2, 0.25) is 0 Å². The molecule has 0 saturated carbocycles. The van der Waals surface area contributed by atoms with Crippen LogP contribution in [0.1, 0.15) is 13.8 Å². The number of hydrogen-bond acceptors (Lipinski definition) is 5. The molecule has 4 nitrogen and oxygen atoms in total. The summed E-state index contributed by atoms with van der Waals surface area (Å²) in [5.41, 5.74) is -0.00957. The van der Waals surface area contributed by atoms with Crippen LogP contribution in [0.15, 0.2) is 17.2 Å². The number of nitrogens with one attached hydrogen (secondary N) is 1. The van der Waals surface area contributed by atoms with Gasteiger partial charge in [0.05, 0.1) is 0 Å². The number of anilines is 1. The van der Waals surface area contributed by atoms with Crippen molar-refractivity contribution in [1.29, 1.82) is 0 Å². The zero-order chi connectivity index (χ0) is 13.7. The minimum absolute atomic E-state index is 0.00957. The van der Waals surface area contributed by atoms with E-state index in [4.69, 9.17) is 0 Å². The monoisotopic (exact) mass is 299 g/mol. The van der Waals surface area contributed by atoms with E-state index >= 15 is 0 Å². The Hall–Kier alpha value is -0.620. The maximum absolute atomic E-state index is 12.2. The maximum Gasteiger partial charge on any atom is 0.293 e. The predicted molar refractivity (Wildman–Crippen MR) is 85.4 cm³/mol. The van der Waals surface area contributed by atoms with Crippen molar-refractivity contribution in [2.45, 2.75) is 25.6 Å². The smallest absolute Gasteiger partial charge is 0.293 e. The second kappa shape index (κ2) is 7.24. The van der Waals surface area contributed by atoms with Gasteiger partial charge in [0, 0.05) is 48.0 Å². The van der Waals surface area contributed by atoms with Crippen molar-refractivity contribution in [3.8, 4) is 0 Å². The van der Waals surface area contributed by atoms with Crippen molar-refractivity contribution in [2.24, 2.45) is 5.92 Å². The van der Waals surface area contributed by atoms with Crippen molar-refractivity contribution in [2.75, 3.05) is 29.1 Å². The first-order valence-electron chi connectivity index (χ1n) is 6.65. The Bertz CT molecular complexity index is 455. The predicted octanol–water partition coefficient (Wildman–Crippen LogP) is 2.16. The SMILES string of the molecule is CC(C)Cn1ccnc(NCC2CSCCS2)c1=O. The molecule has 0 bridgehead atoms. The first kappa shape index (κ1) is 14.8. The van der Waals surface area contributed by atoms with E-state index in [1.54, 1.807) is 17.0 Å². The average Bonchev–Trinajstić information content (AvgIpc) is 2.40. The summed E-state index contributed by atoms with van der Waals surface area (Å²) in [6, 6.07) is 0. The van der Waals surface area contributed by atoms with Gasteiger partial charge in [-0.25, -0.2) is 4.98 Å². The van der Waals surface area contributed by atoms with E-state index in [0.717, 1.165) is 18.8 Å². The number of thioether (sulfide) groups is 2. The molecule has 1 aliphatic heterocycles. The third-order valence-corrected chi connectivity index (χ3v) is 5.70. The molecule has 1 saturated heterocycles. The zero-order valence-corrected chi connectivity index (χ0v) is 13.1. The Kier molecular flexibility index (Phi) is 5.63. The molecule has 106 valence electrons. The van der Waals surface area contributed by atoms with Crippen LogP contribution in [-0.4, -0.2) is 38.6 Å². The maximum atomic E-state index is 12.2. The normalized spacial score (nSPS) is 19.6. The van der Waals surface area contributed by atoms with E-state index in [-0.39, 0.29) is 5.56 Å². The number of rotatable bonds is 5. The van der Waals surface area contributed by atoms with Crippen LogP contribution in [0.3, 0.4) is 0 Å². The lowest BCUT2D eigenvalue weighted by Crippen LogP contribution is -2.30. The molecular formula is C13H21N3OS2. The summed E-state index contributed by atoms with van der Waals surface area (Å²) in [7, 11) is 0. The summed E-state index contributed by atoms with van der Waals surface area (Å²) >= 11 is 3.97. The van der Waals surface area contributed by atoms with E-state index in [2.05, 4.69) is 24.1 Å². The number of nitrogens with zero attached hydrogens (tertiary/aromatic N) is 2. The first-order chi connectivity index (χ1) is 9.16. The second-order valence-corrected chi connectivity index (χ2v) is 7.63. The highest BCUT2D eigenvalue weighted by Crippen LogP contribution is 2.23. The van der Waals surface area contributed by atoms with Gasteiger partial charge in [0.25, 0.3) is 5.56 Å². The van der Waals surface area contributed by atoms with Gasteiger partial charge in [0.1, 0.15) is 0 Å². The molecule has 0 aliphatic carbocycles. The molecule has 2 rings (SSSR count). The molecule has 1 aliphatic rings. The van der Waals surface area contributed by atoms with Crippen molar-refractivity contribution >= 4 is 29.3 Å². The second-order valence-electron chi connectivity index (χ2n) is 5.08. The molecule has 1 unspecified atom stereocenters. The summed E-state index contributed by atoms with van der Waals surface area (Å²) in [6.07, 6.45) is 3.47. The molecular weight excluding hydrogens is 278 g/mol. The lowest BCUT2D eigenvalue weighted by Gasteiger charge is -2.21. The molecule has 6 heteroatoms. The van der Waals surface area contributed by atoms with Crippen molar-refractivity contribution in [3.05, 3.63) is 22.7 Å². The minimum Gasteiger partial charge on any atom is -0.364 e. The fourth-order valence-corrected chi connectivity index (χ4v) is 4.58. The van der Waals surface area contributed by atoms with Crippen LogP contribution in [0, 0.1) is 5.92 Å². The van der Waals surface area contributed by atoms with Crippen LogP contribution < -0.4 is 10.9 Å². The van der Waals surface area contributed by atoms with Crippen LogP contribution in [-0.2, 0) is 6.54 Å². The van der Waals surface area contributed by atoms with Gasteiger partial charge in [-0.15, -0.1) is 0 Å². The third-order valence-electron chi connectivity index (χ3n) is 2.86. The highest BCUT2D eigenvalue weighted by Gasteiger charge is 2.15. The van der Waals surface area contributed by atoms with Crippen LogP contribution in [0.4, 0.5) is 5.82 Å². The molecule has 19 heavy (non-hydrogen) atoms. The Morgan fingerprint density at radius 2 is 2.37 bits per heavy atom. The Morgan fingerprint density at radius 1 is 1.53 bits per heavy atom. The first-order valence-corrected chi connectivity index (χ1v) is 8.86. The molecule has 2 heterocycles. The van der Waals surface area contributed by atoms with E-state index in [1.165, 1.54) is 11.5 Å². The molecule has 0 spiro atoms. The van der Waals surface area contributed by atoms with Crippen molar-refractivity contribution in [3.63, 3.8) is 0 Å². The summed E-state index contributed by atoms with van der Waals surface area (Å²) in [6.45, 7) is 5.78. The standard InChI is InChI=1S/C13H21N3OS2/c1-10(2)8-16-4-3-14-12(13(16)17)15-7-11-9-18-5-6-19-11/h3-4,10-11H,5-9H2,1-2H3,(H,14,15). The lowest BCUT2D eigenvalue weighted by molar-refractivity contribution is 0.509. The van der Waals surface area contributed by atoms with Gasteiger partial charge < -0.3 is 9.88 Å². The van der Waals surface area contributed by atoms with E-state index < -0.39 is 0 Å². The molecule has 1 fully saturated rings. The quantitative estimate of drug-likeness (QED) is 0.903. The lowest BCUT2D eigenvalue weighted by atomic mass is 10.2. The summed E-state index contributed by atoms with van der Waals surface area (Å²) < 4.78 is 1.74. The molecule has 1 atom stereocenters. The highest BCUT2D eigenvalue weighted by molar-refractivity contribution is 8.06. The van der Waals surface area contributed by atoms with E-state index in [9.17, 15) is 4.79 Å². The van der Waals surface area contributed by atoms with Crippen molar-refractivity contribution in [1.82, 2.24) is 9.55 Å². The summed E-state index contributed by atoms with van der Waals surface area (Å²) in [5.74, 6) is 4.55. The topological polar surface area (TPSA) is 46.9 Å². The molecule has 1 aromatic heterocycles. The Balaban J connectivity index is 1.97. The van der Waals surface area contributed by atoms with E-state index in [0.29, 0.717) is 17.0 Å². The zero-order valence-electron chi connectivity index (χ0n) is 11.5. The van der Waals surface area contributed by atoms with Crippen LogP contribution in [0.5, 0.6) is 0 Å². The highest BCUT2D eigenvalue weighted by atomic mass is 32.2. The summed E-state index contributed by atoms with van der Waals surface area (Å²) in [4.78, 5) is 16.4. The molecule has 0 amide bonds. The van der Waals surface area contributed by atoms with E-state index in [1.807, 2.05) is 23.5 Å². The van der Waals surface area contributed by atoms with Gasteiger partial charge >= 0.3 is 0 Å². The number of hydrogen-bond donors (Lipinski definition) is 1. The Labute approximate surface area is 122 Å². The fraction of sp³-hybridized carbons (Fsp3) is 0.692. The van der Waals surface area contributed by atoms with Gasteiger partial charge in [-0.3, -0.25) is 4.79 Å². The molecule has 0 radical (unpaired) electrons. The molecule has 1 N–H and O–H groups in total. The van der Waals surface area contributed by atoms with Gasteiger partial charge in [-0.2, -0.15) is 23.5 Å². The van der Waals surface area contributed by atoms with Crippen molar-refractivity contribution < 1.29 is 0 Å². The van der Waals surface area contributed by atoms with Crippen LogP contribution in [0.2, 0.25) is 0 Å². The molecule has 1 aromatic rings. The van der Waals surface area contributed by atoms with Gasteiger partial charge in [-0.05, 0) is 5.92 Å². The van der Waals surface area contributed by atoms with Gasteiger partial charge in [0.15, 0.2) is 5.82 Å². The summed E-state index contributed by atoms with van der Waals surface area (Å²) in [5, 5.41) is 3.80. The van der Waals surface area contributed by atoms with Crippen LogP contribution >= 0.6 is 23.5 Å². The number of aromatic nitrogens is 2. The molecule has 0 aromatic carbocycles. The van der Waals surface area contributed by atoms with Crippen LogP contribution in [0.25, 0.3) is 0 Å². The largest absolute Gasteiger partial charge is 0.364 e. The third kappa shape index (κ3) is 4.45. The average molecular weight is 299 g/mol.